The van der Waals surface area contributed by atoms with Crippen LogP contribution in [-0.4, -0.2) is 39.9 Å². The van der Waals surface area contributed by atoms with Gasteiger partial charge in [-0.1, -0.05) is 12.1 Å². The topological polar surface area (TPSA) is 82.1 Å². The van der Waals surface area contributed by atoms with E-state index in [0.29, 0.717) is 25.5 Å². The summed E-state index contributed by atoms with van der Waals surface area (Å²) in [6.07, 6.45) is 1.84. The van der Waals surface area contributed by atoms with Gasteiger partial charge in [-0.15, -0.1) is 0 Å². The van der Waals surface area contributed by atoms with Crippen molar-refractivity contribution >= 4 is 28.2 Å². The molecule has 0 aliphatic carbocycles. The van der Waals surface area contributed by atoms with Crippen molar-refractivity contribution in [3.63, 3.8) is 0 Å². The van der Waals surface area contributed by atoms with E-state index in [1.54, 1.807) is 11.3 Å². The smallest absolute Gasteiger partial charge is 0.164 e. The fraction of sp³-hybridized carbons (Fsp3) is 0.286. The SMILES string of the molecule is CCn1ncc2c(N(C)CCOc3ccc(CN)cc3)nc(-c3ccsc3)nc21. The van der Waals surface area contributed by atoms with Gasteiger partial charge >= 0.3 is 0 Å². The Morgan fingerprint density at radius 3 is 2.69 bits per heavy atom. The van der Waals surface area contributed by atoms with E-state index < -0.39 is 0 Å². The number of thiophene rings is 1. The molecule has 29 heavy (non-hydrogen) atoms. The van der Waals surface area contributed by atoms with Crippen LogP contribution in [0.15, 0.2) is 47.3 Å². The zero-order valence-electron chi connectivity index (χ0n) is 16.6. The van der Waals surface area contributed by atoms with Gasteiger partial charge in [-0.3, -0.25) is 0 Å². The molecule has 0 bridgehead atoms. The Bertz CT molecular complexity index is 1070. The molecule has 4 aromatic rings. The van der Waals surface area contributed by atoms with Crippen LogP contribution in [0, 0.1) is 0 Å². The van der Waals surface area contributed by atoms with Crippen molar-refractivity contribution in [1.82, 2.24) is 19.7 Å². The third-order valence-corrected chi connectivity index (χ3v) is 5.45. The summed E-state index contributed by atoms with van der Waals surface area (Å²) in [5, 5.41) is 9.51. The minimum atomic E-state index is 0.532. The highest BCUT2D eigenvalue weighted by molar-refractivity contribution is 7.08. The number of rotatable bonds is 8. The molecule has 8 heteroatoms. The molecule has 0 aliphatic rings. The zero-order chi connectivity index (χ0) is 20.2. The van der Waals surface area contributed by atoms with Crippen molar-refractivity contribution in [2.45, 2.75) is 20.0 Å². The van der Waals surface area contributed by atoms with Crippen LogP contribution in [0.3, 0.4) is 0 Å². The van der Waals surface area contributed by atoms with Gasteiger partial charge in [-0.2, -0.15) is 16.4 Å². The van der Waals surface area contributed by atoms with Gasteiger partial charge in [0.1, 0.15) is 18.2 Å². The summed E-state index contributed by atoms with van der Waals surface area (Å²) in [7, 11) is 2.02. The molecule has 0 fully saturated rings. The van der Waals surface area contributed by atoms with E-state index in [2.05, 4.69) is 22.3 Å². The lowest BCUT2D eigenvalue weighted by atomic mass is 10.2. The second kappa shape index (κ2) is 8.59. The van der Waals surface area contributed by atoms with Gasteiger partial charge in [0.05, 0.1) is 18.1 Å². The molecule has 0 saturated heterocycles. The molecule has 0 spiro atoms. The number of fused-ring (bicyclic) bond motifs is 1. The van der Waals surface area contributed by atoms with Crippen LogP contribution in [0.2, 0.25) is 0 Å². The Labute approximate surface area is 173 Å². The summed E-state index contributed by atoms with van der Waals surface area (Å²) >= 11 is 1.64. The van der Waals surface area contributed by atoms with E-state index in [1.807, 2.05) is 53.6 Å². The molecular weight excluding hydrogens is 384 g/mol. The molecule has 3 aromatic heterocycles. The summed E-state index contributed by atoms with van der Waals surface area (Å²) in [4.78, 5) is 11.7. The molecule has 150 valence electrons. The van der Waals surface area contributed by atoms with Crippen LogP contribution < -0.4 is 15.4 Å². The highest BCUT2D eigenvalue weighted by Gasteiger charge is 2.16. The molecule has 7 nitrogen and oxygen atoms in total. The van der Waals surface area contributed by atoms with Crippen molar-refractivity contribution in [3.8, 4) is 17.1 Å². The predicted molar refractivity (Wildman–Crippen MR) is 117 cm³/mol. The molecule has 1 aromatic carbocycles. The molecule has 0 aliphatic heterocycles. The molecule has 0 amide bonds. The molecule has 0 unspecified atom stereocenters. The lowest BCUT2D eigenvalue weighted by Gasteiger charge is -2.20. The normalized spacial score (nSPS) is 11.1. The number of aryl methyl sites for hydroxylation is 1. The Hall–Kier alpha value is -2.97. The van der Waals surface area contributed by atoms with E-state index in [-0.39, 0.29) is 0 Å². The summed E-state index contributed by atoms with van der Waals surface area (Å²) in [6, 6.07) is 9.91. The number of likely N-dealkylation sites (N-methyl/N-ethyl adjacent to an activating group) is 1. The highest BCUT2D eigenvalue weighted by Crippen LogP contribution is 2.28. The maximum absolute atomic E-state index is 5.89. The van der Waals surface area contributed by atoms with E-state index in [0.717, 1.165) is 40.3 Å². The Morgan fingerprint density at radius 2 is 2.00 bits per heavy atom. The molecule has 3 heterocycles. The fourth-order valence-electron chi connectivity index (χ4n) is 3.11. The van der Waals surface area contributed by atoms with Crippen molar-refractivity contribution < 1.29 is 4.74 Å². The van der Waals surface area contributed by atoms with E-state index in [4.69, 9.17) is 20.4 Å². The number of aromatic nitrogens is 4. The quantitative estimate of drug-likeness (QED) is 0.480. The maximum atomic E-state index is 5.89. The number of anilines is 1. The third-order valence-electron chi connectivity index (χ3n) is 4.77. The maximum Gasteiger partial charge on any atom is 0.164 e. The molecule has 0 saturated carbocycles. The van der Waals surface area contributed by atoms with Gasteiger partial charge in [0.15, 0.2) is 11.5 Å². The Morgan fingerprint density at radius 1 is 1.17 bits per heavy atom. The molecular formula is C21H24N6OS. The first-order valence-electron chi connectivity index (χ1n) is 9.58. The first-order chi connectivity index (χ1) is 14.2. The molecule has 0 radical (unpaired) electrons. The number of hydrogen-bond donors (Lipinski definition) is 1. The number of nitrogens with zero attached hydrogens (tertiary/aromatic N) is 5. The van der Waals surface area contributed by atoms with Crippen molar-refractivity contribution in [1.29, 1.82) is 0 Å². The largest absolute Gasteiger partial charge is 0.492 e. The Kier molecular flexibility index (Phi) is 5.73. The third kappa shape index (κ3) is 4.08. The second-order valence-corrected chi connectivity index (χ2v) is 7.48. The van der Waals surface area contributed by atoms with Crippen molar-refractivity contribution in [2.24, 2.45) is 5.73 Å². The van der Waals surface area contributed by atoms with Crippen LogP contribution >= 0.6 is 11.3 Å². The van der Waals surface area contributed by atoms with Crippen molar-refractivity contribution in [2.75, 3.05) is 25.1 Å². The second-order valence-electron chi connectivity index (χ2n) is 6.70. The monoisotopic (exact) mass is 408 g/mol. The minimum Gasteiger partial charge on any atom is -0.492 e. The summed E-state index contributed by atoms with van der Waals surface area (Å²) in [5.74, 6) is 2.41. The summed E-state index contributed by atoms with van der Waals surface area (Å²) in [6.45, 7) is 4.58. The average molecular weight is 409 g/mol. The van der Waals surface area contributed by atoms with Crippen LogP contribution in [-0.2, 0) is 13.1 Å². The number of benzene rings is 1. The minimum absolute atomic E-state index is 0.532. The van der Waals surface area contributed by atoms with Crippen LogP contribution in [0.4, 0.5) is 5.82 Å². The lowest BCUT2D eigenvalue weighted by Crippen LogP contribution is -2.25. The van der Waals surface area contributed by atoms with Gasteiger partial charge in [-0.05, 0) is 36.1 Å². The fourth-order valence-corrected chi connectivity index (χ4v) is 3.75. The van der Waals surface area contributed by atoms with Crippen LogP contribution in [0.25, 0.3) is 22.4 Å². The predicted octanol–water partition coefficient (Wildman–Crippen LogP) is 3.55. The first-order valence-corrected chi connectivity index (χ1v) is 10.5. The standard InChI is InChI=1S/C21H24N6OS/c1-3-27-21-18(13-23-27)20(24-19(25-21)16-8-11-29-14-16)26(2)9-10-28-17-6-4-15(12-22)5-7-17/h4-8,11,13-14H,3,9-10,12,22H2,1-2H3. The van der Waals surface area contributed by atoms with E-state index in [1.165, 1.54) is 0 Å². The lowest BCUT2D eigenvalue weighted by molar-refractivity contribution is 0.325. The number of nitrogens with two attached hydrogens (primary N) is 1. The molecule has 4 rings (SSSR count). The van der Waals surface area contributed by atoms with Gasteiger partial charge in [0.2, 0.25) is 0 Å². The molecule has 2 N–H and O–H groups in total. The van der Waals surface area contributed by atoms with Gasteiger partial charge in [-0.25, -0.2) is 14.6 Å². The van der Waals surface area contributed by atoms with Gasteiger partial charge in [0.25, 0.3) is 0 Å². The Balaban J connectivity index is 1.55. The van der Waals surface area contributed by atoms with Gasteiger partial charge in [0, 0.05) is 31.1 Å². The van der Waals surface area contributed by atoms with Crippen LogP contribution in [0.5, 0.6) is 5.75 Å². The van der Waals surface area contributed by atoms with E-state index >= 15 is 0 Å². The zero-order valence-corrected chi connectivity index (χ0v) is 17.4. The van der Waals surface area contributed by atoms with Crippen molar-refractivity contribution in [3.05, 3.63) is 52.9 Å². The average Bonchev–Trinajstić information content (AvgIpc) is 3.43. The molecule has 0 atom stereocenters. The summed E-state index contributed by atoms with van der Waals surface area (Å²) in [5.41, 5.74) is 8.60. The summed E-state index contributed by atoms with van der Waals surface area (Å²) < 4.78 is 7.80. The first kappa shape index (κ1) is 19.4. The van der Waals surface area contributed by atoms with Gasteiger partial charge < -0.3 is 15.4 Å². The van der Waals surface area contributed by atoms with Crippen LogP contribution in [0.1, 0.15) is 12.5 Å². The highest BCUT2D eigenvalue weighted by atomic mass is 32.1. The van der Waals surface area contributed by atoms with E-state index in [9.17, 15) is 0 Å². The number of hydrogen-bond acceptors (Lipinski definition) is 7. The number of ether oxygens (including phenoxy) is 1.